The van der Waals surface area contributed by atoms with Gasteiger partial charge in [0.15, 0.2) is 0 Å². The van der Waals surface area contributed by atoms with Crippen LogP contribution in [-0.2, 0) is 4.79 Å². The predicted octanol–water partition coefficient (Wildman–Crippen LogP) is 2.17. The van der Waals surface area contributed by atoms with Crippen molar-refractivity contribution in [1.82, 2.24) is 5.32 Å². The summed E-state index contributed by atoms with van der Waals surface area (Å²) in [5, 5.41) is 15.5. The van der Waals surface area contributed by atoms with Crippen molar-refractivity contribution in [2.24, 2.45) is 17.0 Å². The molecule has 1 atom stereocenters. The van der Waals surface area contributed by atoms with E-state index in [0.29, 0.717) is 19.0 Å². The summed E-state index contributed by atoms with van der Waals surface area (Å²) >= 11 is 0. The first-order valence-electron chi connectivity index (χ1n) is 6.12. The summed E-state index contributed by atoms with van der Waals surface area (Å²) in [7, 11) is 0. The molecular formula is C11H20N4O2. The van der Waals surface area contributed by atoms with Crippen LogP contribution in [0.1, 0.15) is 32.6 Å². The average Bonchev–Trinajstić information content (AvgIpc) is 2.30. The number of rotatable bonds is 6. The van der Waals surface area contributed by atoms with Gasteiger partial charge in [0.25, 0.3) is 0 Å². The Morgan fingerprint density at radius 2 is 2.18 bits per heavy atom. The van der Waals surface area contributed by atoms with Gasteiger partial charge in [-0.2, -0.15) is 0 Å². The molecule has 0 bridgehead atoms. The third-order valence-electron chi connectivity index (χ3n) is 3.44. The highest BCUT2D eigenvalue weighted by molar-refractivity contribution is 5.73. The van der Waals surface area contributed by atoms with Crippen molar-refractivity contribution < 1.29 is 9.90 Å². The fourth-order valence-corrected chi connectivity index (χ4v) is 2.39. The first-order chi connectivity index (χ1) is 8.15. The molecular weight excluding hydrogens is 220 g/mol. The van der Waals surface area contributed by atoms with Crippen LogP contribution in [-0.4, -0.2) is 30.2 Å². The molecule has 0 heterocycles. The van der Waals surface area contributed by atoms with Gasteiger partial charge in [0, 0.05) is 18.0 Å². The molecule has 0 aliphatic heterocycles. The number of hydrogen-bond donors (Lipinski definition) is 2. The van der Waals surface area contributed by atoms with E-state index in [1.54, 1.807) is 0 Å². The molecule has 0 saturated heterocycles. The molecule has 0 amide bonds. The molecule has 1 rings (SSSR count). The summed E-state index contributed by atoms with van der Waals surface area (Å²) in [6.45, 7) is 2.93. The Bertz CT molecular complexity index is 294. The van der Waals surface area contributed by atoms with E-state index in [-0.39, 0.29) is 5.92 Å². The van der Waals surface area contributed by atoms with Crippen molar-refractivity contribution in [3.63, 3.8) is 0 Å². The van der Waals surface area contributed by atoms with Crippen LogP contribution in [0.25, 0.3) is 10.4 Å². The van der Waals surface area contributed by atoms with Gasteiger partial charge in [-0.1, -0.05) is 24.9 Å². The van der Waals surface area contributed by atoms with Crippen LogP contribution in [0.4, 0.5) is 0 Å². The maximum Gasteiger partial charge on any atom is 0.320 e. The number of hydrogen-bond acceptors (Lipinski definition) is 3. The van der Waals surface area contributed by atoms with E-state index in [1.165, 1.54) is 0 Å². The highest BCUT2D eigenvalue weighted by Crippen LogP contribution is 2.30. The smallest absolute Gasteiger partial charge is 0.320 e. The Morgan fingerprint density at radius 1 is 1.53 bits per heavy atom. The van der Waals surface area contributed by atoms with Gasteiger partial charge in [0.2, 0.25) is 0 Å². The Hall–Kier alpha value is -1.26. The summed E-state index contributed by atoms with van der Waals surface area (Å²) in [6, 6.07) is -0.503. The number of carboxylic acids is 1. The minimum absolute atomic E-state index is 0.203. The third kappa shape index (κ3) is 4.63. The van der Waals surface area contributed by atoms with Crippen LogP contribution in [0.2, 0.25) is 0 Å². The van der Waals surface area contributed by atoms with E-state index in [0.717, 1.165) is 25.7 Å². The molecule has 2 N–H and O–H groups in total. The van der Waals surface area contributed by atoms with Crippen molar-refractivity contribution in [2.75, 3.05) is 13.1 Å². The SMILES string of the molecule is CC1CCC(C(NCCN=[N+]=[N-])C(=O)O)CC1. The number of carbonyl (C=O) groups is 1. The van der Waals surface area contributed by atoms with Gasteiger partial charge >= 0.3 is 5.97 Å². The molecule has 1 aliphatic carbocycles. The first kappa shape index (κ1) is 13.8. The Morgan fingerprint density at radius 3 is 2.71 bits per heavy atom. The Labute approximate surface area is 101 Å². The monoisotopic (exact) mass is 240 g/mol. The van der Waals surface area contributed by atoms with Crippen LogP contribution in [0.15, 0.2) is 5.11 Å². The summed E-state index contributed by atoms with van der Waals surface area (Å²) in [4.78, 5) is 13.8. The molecule has 1 unspecified atom stereocenters. The molecule has 1 aliphatic rings. The van der Waals surface area contributed by atoms with E-state index in [2.05, 4.69) is 22.3 Å². The summed E-state index contributed by atoms with van der Waals surface area (Å²) in [5.74, 6) is 0.115. The summed E-state index contributed by atoms with van der Waals surface area (Å²) < 4.78 is 0. The largest absolute Gasteiger partial charge is 0.480 e. The second-order valence-electron chi connectivity index (χ2n) is 4.74. The lowest BCUT2D eigenvalue weighted by Gasteiger charge is -2.30. The Kier molecular flexibility index (Phi) is 5.80. The van der Waals surface area contributed by atoms with Crippen molar-refractivity contribution in [1.29, 1.82) is 0 Å². The zero-order valence-electron chi connectivity index (χ0n) is 10.2. The number of nitrogens with one attached hydrogen (secondary N) is 1. The molecule has 6 heteroatoms. The molecule has 0 spiro atoms. The zero-order chi connectivity index (χ0) is 12.7. The maximum atomic E-state index is 11.2. The molecule has 6 nitrogen and oxygen atoms in total. The highest BCUT2D eigenvalue weighted by Gasteiger charge is 2.30. The lowest BCUT2D eigenvalue weighted by atomic mass is 9.79. The quantitative estimate of drug-likeness (QED) is 0.322. The van der Waals surface area contributed by atoms with Crippen LogP contribution in [0, 0.1) is 11.8 Å². The number of azide groups is 1. The lowest BCUT2D eigenvalue weighted by molar-refractivity contribution is -0.141. The summed E-state index contributed by atoms with van der Waals surface area (Å²) in [6.07, 6.45) is 4.14. The van der Waals surface area contributed by atoms with Gasteiger partial charge in [0.05, 0.1) is 0 Å². The average molecular weight is 240 g/mol. The van der Waals surface area contributed by atoms with Gasteiger partial charge < -0.3 is 10.4 Å². The van der Waals surface area contributed by atoms with Gasteiger partial charge in [-0.25, -0.2) is 0 Å². The minimum Gasteiger partial charge on any atom is -0.480 e. The molecule has 96 valence electrons. The van der Waals surface area contributed by atoms with E-state index in [1.807, 2.05) is 0 Å². The van der Waals surface area contributed by atoms with E-state index >= 15 is 0 Å². The standard InChI is InChI=1S/C11H20N4O2/c1-8-2-4-9(5-3-8)10(11(16)17)13-6-7-14-15-12/h8-10,13H,2-7H2,1H3,(H,16,17). The van der Waals surface area contributed by atoms with Gasteiger partial charge in [-0.15, -0.1) is 0 Å². The van der Waals surface area contributed by atoms with Crippen molar-refractivity contribution in [2.45, 2.75) is 38.6 Å². The van der Waals surface area contributed by atoms with E-state index in [9.17, 15) is 9.90 Å². The summed E-state index contributed by atoms with van der Waals surface area (Å²) in [5.41, 5.74) is 8.13. The molecule has 1 fully saturated rings. The lowest BCUT2D eigenvalue weighted by Crippen LogP contribution is -2.45. The normalized spacial score (nSPS) is 25.9. The Balaban J connectivity index is 2.42. The van der Waals surface area contributed by atoms with Crippen LogP contribution >= 0.6 is 0 Å². The minimum atomic E-state index is -0.800. The molecule has 1 saturated carbocycles. The third-order valence-corrected chi connectivity index (χ3v) is 3.44. The van der Waals surface area contributed by atoms with Crippen LogP contribution in [0.3, 0.4) is 0 Å². The van der Waals surface area contributed by atoms with Crippen LogP contribution in [0.5, 0.6) is 0 Å². The van der Waals surface area contributed by atoms with Crippen LogP contribution < -0.4 is 5.32 Å². The molecule has 0 aromatic rings. The zero-order valence-corrected chi connectivity index (χ0v) is 10.2. The fraction of sp³-hybridized carbons (Fsp3) is 0.909. The van der Waals surface area contributed by atoms with E-state index < -0.39 is 12.0 Å². The first-order valence-corrected chi connectivity index (χ1v) is 6.12. The number of nitrogens with zero attached hydrogens (tertiary/aromatic N) is 3. The maximum absolute atomic E-state index is 11.2. The topological polar surface area (TPSA) is 98.1 Å². The second-order valence-corrected chi connectivity index (χ2v) is 4.74. The number of aliphatic carboxylic acids is 1. The number of carboxylic acid groups (broad SMARTS) is 1. The highest BCUT2D eigenvalue weighted by atomic mass is 16.4. The van der Waals surface area contributed by atoms with Gasteiger partial charge in [-0.05, 0) is 30.2 Å². The van der Waals surface area contributed by atoms with E-state index in [4.69, 9.17) is 5.53 Å². The fourth-order valence-electron chi connectivity index (χ4n) is 2.39. The molecule has 0 radical (unpaired) electrons. The predicted molar refractivity (Wildman–Crippen MR) is 64.6 cm³/mol. The van der Waals surface area contributed by atoms with Gasteiger partial charge in [-0.3, -0.25) is 4.79 Å². The molecule has 0 aromatic carbocycles. The molecule has 17 heavy (non-hydrogen) atoms. The van der Waals surface area contributed by atoms with Crippen molar-refractivity contribution in [3.8, 4) is 0 Å². The van der Waals surface area contributed by atoms with Crippen molar-refractivity contribution in [3.05, 3.63) is 10.4 Å². The molecule has 0 aromatic heterocycles. The second kappa shape index (κ2) is 7.14. The van der Waals surface area contributed by atoms with Crippen molar-refractivity contribution >= 4 is 5.97 Å². The van der Waals surface area contributed by atoms with Gasteiger partial charge in [0.1, 0.15) is 6.04 Å².